The number of methoxy groups -OCH3 is 1. The molecule has 0 saturated carbocycles. The third kappa shape index (κ3) is 5.57. The largest absolute Gasteiger partial charge is 0.508 e. The van der Waals surface area contributed by atoms with Crippen molar-refractivity contribution in [1.29, 1.82) is 0 Å². The van der Waals surface area contributed by atoms with Crippen molar-refractivity contribution < 1.29 is 28.2 Å². The van der Waals surface area contributed by atoms with E-state index in [1.54, 1.807) is 12.1 Å². The molecule has 1 atom stereocenters. The molecule has 31 heavy (non-hydrogen) atoms. The molecule has 0 aliphatic rings. The maximum absolute atomic E-state index is 14.0. The number of anilines is 1. The highest BCUT2D eigenvalue weighted by molar-refractivity contribution is 6.02. The first kappa shape index (κ1) is 21.8. The van der Waals surface area contributed by atoms with Crippen LogP contribution in [-0.2, 0) is 11.2 Å². The molecule has 0 spiro atoms. The Kier molecular flexibility index (Phi) is 6.81. The Balaban J connectivity index is 1.86. The van der Waals surface area contributed by atoms with Gasteiger partial charge in [0.2, 0.25) is 5.91 Å². The fourth-order valence-electron chi connectivity index (χ4n) is 2.96. The van der Waals surface area contributed by atoms with Gasteiger partial charge in [-0.05, 0) is 42.0 Å². The average molecular weight is 426 g/mol. The van der Waals surface area contributed by atoms with Gasteiger partial charge in [-0.1, -0.05) is 24.3 Å². The van der Waals surface area contributed by atoms with Crippen molar-refractivity contribution in [3.05, 3.63) is 89.5 Å². The molecule has 0 bridgehead atoms. The lowest BCUT2D eigenvalue weighted by molar-refractivity contribution is -0.118. The standard InChI is InChI=1S/C23H20F2N2O4/c1-31-21-11-8-15(24)13-19(21)26-23(30)20(12-14-6-9-16(28)10-7-14)27-22(29)17-4-2-3-5-18(17)25/h2-11,13,20,28H,12H2,1H3,(H,26,30)(H,27,29). The topological polar surface area (TPSA) is 87.7 Å². The van der Waals surface area contributed by atoms with E-state index < -0.39 is 29.5 Å². The van der Waals surface area contributed by atoms with Crippen LogP contribution in [0.3, 0.4) is 0 Å². The molecule has 2 amide bonds. The molecule has 0 saturated heterocycles. The van der Waals surface area contributed by atoms with Gasteiger partial charge in [0, 0.05) is 12.5 Å². The summed E-state index contributed by atoms with van der Waals surface area (Å²) in [6.45, 7) is 0. The first-order valence-corrected chi connectivity index (χ1v) is 9.35. The molecule has 3 rings (SSSR count). The highest BCUT2D eigenvalue weighted by atomic mass is 19.1. The average Bonchev–Trinajstić information content (AvgIpc) is 2.75. The zero-order chi connectivity index (χ0) is 22.4. The Hall–Kier alpha value is -3.94. The second kappa shape index (κ2) is 9.71. The van der Waals surface area contributed by atoms with Gasteiger partial charge in [-0.3, -0.25) is 9.59 Å². The fourth-order valence-corrected chi connectivity index (χ4v) is 2.96. The van der Waals surface area contributed by atoms with Crippen molar-refractivity contribution in [3.63, 3.8) is 0 Å². The Morgan fingerprint density at radius 3 is 2.42 bits per heavy atom. The third-order valence-electron chi connectivity index (χ3n) is 4.54. The molecule has 0 aliphatic heterocycles. The van der Waals surface area contributed by atoms with Crippen LogP contribution in [0.1, 0.15) is 15.9 Å². The predicted molar refractivity (Wildman–Crippen MR) is 111 cm³/mol. The molecule has 0 aromatic heterocycles. The molecule has 3 aromatic rings. The van der Waals surface area contributed by atoms with Crippen LogP contribution in [-0.4, -0.2) is 30.1 Å². The van der Waals surface area contributed by atoms with Gasteiger partial charge in [-0.25, -0.2) is 8.78 Å². The molecule has 3 aromatic carbocycles. The number of amides is 2. The van der Waals surface area contributed by atoms with E-state index in [4.69, 9.17) is 4.74 Å². The molecule has 1 unspecified atom stereocenters. The number of carbonyl (C=O) groups is 2. The minimum atomic E-state index is -1.12. The number of phenols is 1. The number of rotatable bonds is 7. The monoisotopic (exact) mass is 426 g/mol. The van der Waals surface area contributed by atoms with Gasteiger partial charge in [-0.2, -0.15) is 0 Å². The second-order valence-corrected chi connectivity index (χ2v) is 6.71. The highest BCUT2D eigenvalue weighted by Crippen LogP contribution is 2.25. The van der Waals surface area contributed by atoms with Crippen LogP contribution >= 0.6 is 0 Å². The van der Waals surface area contributed by atoms with E-state index in [9.17, 15) is 23.5 Å². The lowest BCUT2D eigenvalue weighted by Crippen LogP contribution is -2.45. The number of nitrogens with one attached hydrogen (secondary N) is 2. The Morgan fingerprint density at radius 1 is 1.03 bits per heavy atom. The summed E-state index contributed by atoms with van der Waals surface area (Å²) in [4.78, 5) is 25.6. The fraction of sp³-hybridized carbons (Fsp3) is 0.130. The van der Waals surface area contributed by atoms with Gasteiger partial charge in [-0.15, -0.1) is 0 Å². The van der Waals surface area contributed by atoms with Crippen LogP contribution in [0.5, 0.6) is 11.5 Å². The van der Waals surface area contributed by atoms with E-state index in [-0.39, 0.29) is 29.2 Å². The van der Waals surface area contributed by atoms with E-state index in [1.807, 2.05) is 0 Å². The molecule has 160 valence electrons. The van der Waals surface area contributed by atoms with Gasteiger partial charge in [0.15, 0.2) is 0 Å². The van der Waals surface area contributed by atoms with Gasteiger partial charge in [0.25, 0.3) is 5.91 Å². The van der Waals surface area contributed by atoms with E-state index in [2.05, 4.69) is 10.6 Å². The van der Waals surface area contributed by atoms with Crippen molar-refractivity contribution in [2.75, 3.05) is 12.4 Å². The third-order valence-corrected chi connectivity index (χ3v) is 4.54. The zero-order valence-electron chi connectivity index (χ0n) is 16.6. The first-order valence-electron chi connectivity index (χ1n) is 9.35. The molecule has 3 N–H and O–H groups in total. The maximum atomic E-state index is 14.0. The summed E-state index contributed by atoms with van der Waals surface area (Å²) in [6, 6.07) is 14.0. The number of hydrogen-bond acceptors (Lipinski definition) is 4. The second-order valence-electron chi connectivity index (χ2n) is 6.71. The van der Waals surface area contributed by atoms with Gasteiger partial charge < -0.3 is 20.5 Å². The maximum Gasteiger partial charge on any atom is 0.254 e. The minimum absolute atomic E-state index is 0.0456. The van der Waals surface area contributed by atoms with Crippen LogP contribution in [0.4, 0.5) is 14.5 Å². The van der Waals surface area contributed by atoms with Crippen LogP contribution in [0.15, 0.2) is 66.7 Å². The summed E-state index contributed by atoms with van der Waals surface area (Å²) >= 11 is 0. The van der Waals surface area contributed by atoms with Gasteiger partial charge in [0.1, 0.15) is 29.2 Å². The minimum Gasteiger partial charge on any atom is -0.508 e. The number of ether oxygens (including phenoxy) is 1. The van der Waals surface area contributed by atoms with Crippen LogP contribution in [0.2, 0.25) is 0 Å². The predicted octanol–water partition coefficient (Wildman–Crippen LogP) is 3.66. The van der Waals surface area contributed by atoms with Crippen LogP contribution < -0.4 is 15.4 Å². The summed E-state index contributed by atoms with van der Waals surface area (Å²) in [5.41, 5.74) is 0.510. The molecular weight excluding hydrogens is 406 g/mol. The van der Waals surface area contributed by atoms with E-state index in [1.165, 1.54) is 49.6 Å². The molecule has 6 nitrogen and oxygen atoms in total. The van der Waals surface area contributed by atoms with Gasteiger partial charge in [0.05, 0.1) is 18.4 Å². The number of hydrogen-bond donors (Lipinski definition) is 3. The van der Waals surface area contributed by atoms with Crippen molar-refractivity contribution in [3.8, 4) is 11.5 Å². The van der Waals surface area contributed by atoms with Crippen LogP contribution in [0, 0.1) is 11.6 Å². The number of benzene rings is 3. The summed E-state index contributed by atoms with van der Waals surface area (Å²) in [5.74, 6) is -2.45. The molecule has 0 radical (unpaired) electrons. The molecular formula is C23H20F2N2O4. The highest BCUT2D eigenvalue weighted by Gasteiger charge is 2.24. The van der Waals surface area contributed by atoms with Crippen LogP contribution in [0.25, 0.3) is 0 Å². The molecule has 0 heterocycles. The Morgan fingerprint density at radius 2 is 1.74 bits per heavy atom. The quantitative estimate of drug-likeness (QED) is 0.538. The zero-order valence-corrected chi connectivity index (χ0v) is 16.6. The summed E-state index contributed by atoms with van der Waals surface area (Å²) in [7, 11) is 1.37. The summed E-state index contributed by atoms with van der Waals surface area (Å²) < 4.78 is 32.8. The first-order chi connectivity index (χ1) is 14.9. The van der Waals surface area contributed by atoms with Crippen molar-refractivity contribution in [1.82, 2.24) is 5.32 Å². The van der Waals surface area contributed by atoms with E-state index in [0.29, 0.717) is 5.56 Å². The molecule has 0 aliphatic carbocycles. The van der Waals surface area contributed by atoms with Crippen molar-refractivity contribution in [2.24, 2.45) is 0 Å². The number of aromatic hydroxyl groups is 1. The SMILES string of the molecule is COc1ccc(F)cc1NC(=O)C(Cc1ccc(O)cc1)NC(=O)c1ccccc1F. The number of halogens is 2. The number of carbonyl (C=O) groups excluding carboxylic acids is 2. The molecule has 8 heteroatoms. The molecule has 0 fully saturated rings. The van der Waals surface area contributed by atoms with Crippen molar-refractivity contribution >= 4 is 17.5 Å². The Labute approximate surface area is 177 Å². The summed E-state index contributed by atoms with van der Waals surface area (Å²) in [6.07, 6.45) is 0.0456. The van der Waals surface area contributed by atoms with E-state index >= 15 is 0 Å². The normalized spacial score (nSPS) is 11.5. The van der Waals surface area contributed by atoms with Crippen molar-refractivity contribution in [2.45, 2.75) is 12.5 Å². The number of phenolic OH excluding ortho intramolecular Hbond substituents is 1. The Bertz CT molecular complexity index is 1090. The van der Waals surface area contributed by atoms with E-state index in [0.717, 1.165) is 12.1 Å². The summed E-state index contributed by atoms with van der Waals surface area (Å²) in [5, 5.41) is 14.5. The van der Waals surface area contributed by atoms with Gasteiger partial charge >= 0.3 is 0 Å². The lowest BCUT2D eigenvalue weighted by Gasteiger charge is -2.20. The lowest BCUT2D eigenvalue weighted by atomic mass is 10.0. The smallest absolute Gasteiger partial charge is 0.254 e.